The molecule has 0 aliphatic heterocycles. The Hall–Kier alpha value is -1.56. The summed E-state index contributed by atoms with van der Waals surface area (Å²) in [6, 6.07) is 4.98. The van der Waals surface area contributed by atoms with Crippen molar-refractivity contribution in [2.24, 2.45) is 0 Å². The van der Waals surface area contributed by atoms with Gasteiger partial charge in [0, 0.05) is 16.6 Å². The Labute approximate surface area is 93.7 Å². The fourth-order valence-corrected chi connectivity index (χ4v) is 1.85. The second-order valence-electron chi connectivity index (χ2n) is 3.18. The maximum atomic E-state index is 12.4. The summed E-state index contributed by atoms with van der Waals surface area (Å²) in [6.45, 7) is 0. The molecule has 0 saturated carbocycles. The normalized spacial score (nSPS) is 11.7. The minimum absolute atomic E-state index is 0.0840. The van der Waals surface area contributed by atoms with Gasteiger partial charge in [0.2, 0.25) is 0 Å². The first kappa shape index (κ1) is 10.9. The number of aromatic nitrogens is 1. The van der Waals surface area contributed by atoms with Gasteiger partial charge < -0.3 is 5.73 Å². The molecule has 2 nitrogen and oxygen atoms in total. The van der Waals surface area contributed by atoms with Gasteiger partial charge in [0.05, 0.1) is 11.3 Å². The van der Waals surface area contributed by atoms with Crippen molar-refractivity contribution in [3.8, 4) is 11.3 Å². The van der Waals surface area contributed by atoms with Crippen LogP contribution < -0.4 is 5.73 Å². The highest BCUT2D eigenvalue weighted by Crippen LogP contribution is 2.34. The Morgan fingerprint density at radius 1 is 1.19 bits per heavy atom. The van der Waals surface area contributed by atoms with Crippen molar-refractivity contribution < 1.29 is 13.2 Å². The molecule has 16 heavy (non-hydrogen) atoms. The van der Waals surface area contributed by atoms with Gasteiger partial charge in [-0.25, -0.2) is 0 Å². The molecule has 1 heterocycles. The third-order valence-corrected chi connectivity index (χ3v) is 2.65. The number of alkyl halides is 3. The first-order valence-electron chi connectivity index (χ1n) is 4.36. The molecule has 2 aromatic rings. The van der Waals surface area contributed by atoms with Crippen LogP contribution in [-0.4, -0.2) is 4.37 Å². The Morgan fingerprint density at radius 2 is 1.94 bits per heavy atom. The standard InChI is InChI=1S/C10H7F3N2S/c11-10(12,13)6-1-2-7(8(14)5-6)9-3-4-16-15-9/h1-5H,14H2. The number of hydrogen-bond donors (Lipinski definition) is 1. The zero-order valence-corrected chi connectivity index (χ0v) is 8.77. The zero-order valence-electron chi connectivity index (χ0n) is 7.95. The van der Waals surface area contributed by atoms with Crippen molar-refractivity contribution in [2.45, 2.75) is 6.18 Å². The lowest BCUT2D eigenvalue weighted by Gasteiger charge is -2.09. The van der Waals surface area contributed by atoms with E-state index in [-0.39, 0.29) is 5.69 Å². The van der Waals surface area contributed by atoms with Crippen molar-refractivity contribution in [3.05, 3.63) is 35.2 Å². The van der Waals surface area contributed by atoms with Gasteiger partial charge in [0.1, 0.15) is 0 Å². The lowest BCUT2D eigenvalue weighted by Crippen LogP contribution is -2.05. The van der Waals surface area contributed by atoms with Crippen LogP contribution in [-0.2, 0) is 6.18 Å². The molecule has 0 saturated heterocycles. The molecule has 0 spiro atoms. The molecule has 0 unspecified atom stereocenters. The fraction of sp³-hybridized carbons (Fsp3) is 0.100. The van der Waals surface area contributed by atoms with Crippen molar-refractivity contribution in [3.63, 3.8) is 0 Å². The molecule has 0 amide bonds. The second kappa shape index (κ2) is 3.79. The summed E-state index contributed by atoms with van der Waals surface area (Å²) < 4.78 is 41.1. The quantitative estimate of drug-likeness (QED) is 0.781. The van der Waals surface area contributed by atoms with E-state index < -0.39 is 11.7 Å². The maximum absolute atomic E-state index is 12.4. The molecule has 0 fully saturated rings. The smallest absolute Gasteiger partial charge is 0.398 e. The van der Waals surface area contributed by atoms with Gasteiger partial charge in [0.25, 0.3) is 0 Å². The molecular formula is C10H7F3N2S. The van der Waals surface area contributed by atoms with Gasteiger partial charge in [-0.1, -0.05) is 6.07 Å². The number of nitrogen functional groups attached to an aromatic ring is 1. The van der Waals surface area contributed by atoms with Crippen molar-refractivity contribution in [1.82, 2.24) is 4.37 Å². The topological polar surface area (TPSA) is 38.9 Å². The molecular weight excluding hydrogens is 237 g/mol. The number of anilines is 1. The van der Waals surface area contributed by atoms with E-state index in [1.54, 1.807) is 11.4 Å². The Bertz CT molecular complexity index is 491. The van der Waals surface area contributed by atoms with Gasteiger partial charge >= 0.3 is 6.18 Å². The Kier molecular flexibility index (Phi) is 2.59. The summed E-state index contributed by atoms with van der Waals surface area (Å²) in [5.74, 6) is 0. The number of rotatable bonds is 1. The molecule has 0 bridgehead atoms. The van der Waals surface area contributed by atoms with Gasteiger partial charge in [-0.15, -0.1) is 0 Å². The van der Waals surface area contributed by atoms with Crippen LogP contribution >= 0.6 is 11.5 Å². The third kappa shape index (κ3) is 2.01. The van der Waals surface area contributed by atoms with Crippen molar-refractivity contribution in [1.29, 1.82) is 0 Å². The fourth-order valence-electron chi connectivity index (χ4n) is 1.32. The third-order valence-electron chi connectivity index (χ3n) is 2.09. The average Bonchev–Trinajstić information content (AvgIpc) is 2.69. The van der Waals surface area contributed by atoms with Crippen LogP contribution in [0.25, 0.3) is 11.3 Å². The highest BCUT2D eigenvalue weighted by Gasteiger charge is 2.30. The summed E-state index contributed by atoms with van der Waals surface area (Å²) in [7, 11) is 0. The van der Waals surface area contributed by atoms with E-state index in [0.717, 1.165) is 12.1 Å². The van der Waals surface area contributed by atoms with Gasteiger partial charge in [-0.05, 0) is 29.7 Å². The summed E-state index contributed by atoms with van der Waals surface area (Å²) in [4.78, 5) is 0. The number of benzene rings is 1. The minimum Gasteiger partial charge on any atom is -0.398 e. The number of nitrogens with two attached hydrogens (primary N) is 1. The van der Waals surface area contributed by atoms with Crippen LogP contribution in [0.3, 0.4) is 0 Å². The van der Waals surface area contributed by atoms with Crippen LogP contribution in [0.2, 0.25) is 0 Å². The molecule has 2 rings (SSSR count). The SMILES string of the molecule is Nc1cc(C(F)(F)F)ccc1-c1ccsn1. The van der Waals surface area contributed by atoms with E-state index in [0.29, 0.717) is 11.3 Å². The van der Waals surface area contributed by atoms with Gasteiger partial charge in [-0.2, -0.15) is 17.5 Å². The molecule has 6 heteroatoms. The first-order chi connectivity index (χ1) is 7.48. The monoisotopic (exact) mass is 244 g/mol. The number of halogens is 3. The average molecular weight is 244 g/mol. The van der Waals surface area contributed by atoms with Gasteiger partial charge in [-0.3, -0.25) is 0 Å². The molecule has 0 radical (unpaired) electrons. The van der Waals surface area contributed by atoms with E-state index in [1.165, 1.54) is 17.6 Å². The van der Waals surface area contributed by atoms with E-state index in [1.807, 2.05) is 0 Å². The zero-order chi connectivity index (χ0) is 11.8. The lowest BCUT2D eigenvalue weighted by molar-refractivity contribution is -0.137. The predicted octanol–water partition coefficient (Wildman–Crippen LogP) is 3.41. The Balaban J connectivity index is 2.46. The van der Waals surface area contributed by atoms with Crippen molar-refractivity contribution in [2.75, 3.05) is 5.73 Å². The molecule has 1 aromatic carbocycles. The highest BCUT2D eigenvalue weighted by molar-refractivity contribution is 7.03. The highest BCUT2D eigenvalue weighted by atomic mass is 32.1. The largest absolute Gasteiger partial charge is 0.416 e. The van der Waals surface area contributed by atoms with E-state index in [4.69, 9.17) is 5.73 Å². The van der Waals surface area contributed by atoms with Crippen molar-refractivity contribution >= 4 is 17.2 Å². The minimum atomic E-state index is -4.37. The number of nitrogens with zero attached hydrogens (tertiary/aromatic N) is 1. The lowest BCUT2D eigenvalue weighted by atomic mass is 10.1. The Morgan fingerprint density at radius 3 is 2.44 bits per heavy atom. The van der Waals surface area contributed by atoms with Gasteiger partial charge in [0.15, 0.2) is 0 Å². The van der Waals surface area contributed by atoms with E-state index in [2.05, 4.69) is 4.37 Å². The molecule has 0 aliphatic rings. The van der Waals surface area contributed by atoms with Crippen LogP contribution in [0, 0.1) is 0 Å². The molecule has 84 valence electrons. The predicted molar refractivity (Wildman–Crippen MR) is 57.0 cm³/mol. The first-order valence-corrected chi connectivity index (χ1v) is 5.19. The van der Waals surface area contributed by atoms with Crippen LogP contribution in [0.4, 0.5) is 18.9 Å². The van der Waals surface area contributed by atoms with E-state index in [9.17, 15) is 13.2 Å². The maximum Gasteiger partial charge on any atom is 0.416 e. The number of hydrogen-bond acceptors (Lipinski definition) is 3. The van der Waals surface area contributed by atoms with Crippen LogP contribution in [0.15, 0.2) is 29.6 Å². The summed E-state index contributed by atoms with van der Waals surface area (Å²) in [5, 5.41) is 1.74. The molecule has 1 aromatic heterocycles. The van der Waals surface area contributed by atoms with Crippen LogP contribution in [0.1, 0.15) is 5.56 Å². The molecule has 2 N–H and O–H groups in total. The van der Waals surface area contributed by atoms with Crippen LogP contribution in [0.5, 0.6) is 0 Å². The molecule has 0 aliphatic carbocycles. The molecule has 0 atom stereocenters. The summed E-state index contributed by atoms with van der Waals surface area (Å²) in [5.41, 5.74) is 6.03. The second-order valence-corrected chi connectivity index (χ2v) is 3.85. The van der Waals surface area contributed by atoms with E-state index >= 15 is 0 Å². The summed E-state index contributed by atoms with van der Waals surface area (Å²) in [6.07, 6.45) is -4.37. The summed E-state index contributed by atoms with van der Waals surface area (Å²) >= 11 is 1.23.